The Morgan fingerprint density at radius 1 is 0.716 bits per heavy atom. The standard InChI is InChI=1S/C32H42N14O24P4/c1-43-10-46(26-16(43)28(52)38-7-37-26)30-20(50)18(48)12(66-30)4-63-72(55,56)69-74(59,60)70-73(57,58)64-5-13-21(22(61-2)31(67-13)44-8-39-14-23(33)35-6-36-24(14)44)68-71(53,54)62-3-11-17(47)19(49)29(65-11)45-9-40-15-25(45)41-32(34)42-27(15)51/h6-13,17-22,29-31,47-50H,3-5H2,1-2H3,(H9-,33,34,35,36,37,38,41,42,51,52,53,54,55,56,57,58,59,60)/p-3. The molecule has 0 bridgehead atoms. The van der Waals surface area contributed by atoms with E-state index in [1.807, 2.05) is 0 Å². The fourth-order valence-corrected chi connectivity index (χ4v) is 12.5. The van der Waals surface area contributed by atoms with Gasteiger partial charge in [0, 0.05) is 7.11 Å². The summed E-state index contributed by atoms with van der Waals surface area (Å²) >= 11 is 0. The molecule has 6 aromatic rings. The first kappa shape index (κ1) is 53.9. The zero-order chi connectivity index (χ0) is 53.4. The lowest BCUT2D eigenvalue weighted by atomic mass is 10.1. The number of phosphoric ester groups is 3. The lowest BCUT2D eigenvalue weighted by molar-refractivity contribution is -0.745. The number of hydrogen-bond donors (Lipinski definition) is 8. The van der Waals surface area contributed by atoms with Gasteiger partial charge in [-0.3, -0.25) is 51.5 Å². The van der Waals surface area contributed by atoms with E-state index in [0.29, 0.717) is 0 Å². The second-order valence-electron chi connectivity index (χ2n) is 16.2. The van der Waals surface area contributed by atoms with E-state index < -0.39 is 136 Å². The third-order valence-electron chi connectivity index (χ3n) is 11.4. The first-order valence-corrected chi connectivity index (χ1v) is 26.7. The fraction of sp³-hybridized carbons (Fsp3) is 0.531. The van der Waals surface area contributed by atoms with Crippen molar-refractivity contribution in [1.29, 1.82) is 0 Å². The summed E-state index contributed by atoms with van der Waals surface area (Å²) in [5, 5.41) is 43.0. The van der Waals surface area contributed by atoms with E-state index in [2.05, 4.69) is 57.5 Å². The molecule has 0 amide bonds. The quantitative estimate of drug-likeness (QED) is 0.0276. The number of phosphoric acid groups is 4. The van der Waals surface area contributed by atoms with Crippen LogP contribution < -0.4 is 46.7 Å². The molecule has 16 unspecified atom stereocenters. The molecule has 0 saturated carbocycles. The maximum absolute atomic E-state index is 13.5. The lowest BCUT2D eigenvalue weighted by Gasteiger charge is -2.35. The summed E-state index contributed by atoms with van der Waals surface area (Å²) in [5.74, 6) is -0.444. The molecule has 6 aromatic heterocycles. The van der Waals surface area contributed by atoms with Gasteiger partial charge in [-0.2, -0.15) is 4.98 Å². The molecule has 0 radical (unpaired) electrons. The minimum atomic E-state index is -6.57. The van der Waals surface area contributed by atoms with Crippen molar-refractivity contribution in [3.05, 3.63) is 52.3 Å². The molecular formula is C32H39N14O24P4-3. The van der Waals surface area contributed by atoms with Crippen LogP contribution in [0.5, 0.6) is 0 Å². The highest BCUT2D eigenvalue weighted by Gasteiger charge is 2.51. The number of methoxy groups -OCH3 is 1. The van der Waals surface area contributed by atoms with E-state index in [-0.39, 0.29) is 45.3 Å². The van der Waals surface area contributed by atoms with Gasteiger partial charge in [-0.1, -0.05) is 4.98 Å². The predicted molar refractivity (Wildman–Crippen MR) is 226 cm³/mol. The summed E-state index contributed by atoms with van der Waals surface area (Å²) in [5.41, 5.74) is 9.80. The molecule has 10 N–H and O–H groups in total. The molecule has 38 nitrogen and oxygen atoms in total. The molecule has 3 aliphatic heterocycles. The number of nitrogens with two attached hydrogens (primary N) is 2. The minimum absolute atomic E-state index is 0.0136. The number of rotatable bonds is 19. The van der Waals surface area contributed by atoms with Crippen molar-refractivity contribution in [3.63, 3.8) is 0 Å². The number of nitrogen functional groups attached to an aromatic ring is 2. The molecule has 0 spiro atoms. The van der Waals surface area contributed by atoms with Crippen molar-refractivity contribution < 1.29 is 108 Å². The number of anilines is 2. The van der Waals surface area contributed by atoms with Crippen LogP contribution in [-0.2, 0) is 71.0 Å². The number of aryl methyl sites for hydroxylation is 1. The number of aliphatic hydroxyl groups is 4. The van der Waals surface area contributed by atoms with E-state index in [1.165, 1.54) is 17.9 Å². The van der Waals surface area contributed by atoms with Gasteiger partial charge in [0.25, 0.3) is 42.4 Å². The minimum Gasteiger partial charge on any atom is -0.756 e. The average Bonchev–Trinajstić information content (AvgIpc) is 4.17. The smallest absolute Gasteiger partial charge is 0.311 e. The van der Waals surface area contributed by atoms with Gasteiger partial charge in [0.15, 0.2) is 47.7 Å². The summed E-state index contributed by atoms with van der Waals surface area (Å²) in [4.78, 5) is 105. The van der Waals surface area contributed by atoms with Crippen LogP contribution in [0.3, 0.4) is 0 Å². The first-order valence-electron chi connectivity index (χ1n) is 20.9. The van der Waals surface area contributed by atoms with Gasteiger partial charge in [-0.05, 0) is 0 Å². The summed E-state index contributed by atoms with van der Waals surface area (Å²) in [7, 11) is -22.3. The van der Waals surface area contributed by atoms with Crippen molar-refractivity contribution in [2.75, 3.05) is 38.4 Å². The number of H-pyrrole nitrogens is 2. The summed E-state index contributed by atoms with van der Waals surface area (Å²) in [6.07, 6.45) is -15.4. The van der Waals surface area contributed by atoms with Crippen LogP contribution in [0, 0.1) is 0 Å². The van der Waals surface area contributed by atoms with Crippen LogP contribution in [-0.4, -0.2) is 156 Å². The van der Waals surface area contributed by atoms with Crippen LogP contribution in [0.4, 0.5) is 11.8 Å². The molecule has 0 aromatic carbocycles. The van der Waals surface area contributed by atoms with Gasteiger partial charge < -0.3 is 88.5 Å². The second kappa shape index (κ2) is 20.2. The highest BCUT2D eigenvalue weighted by molar-refractivity contribution is 7.65. The van der Waals surface area contributed by atoms with Gasteiger partial charge in [0.2, 0.25) is 17.7 Å². The Morgan fingerprint density at radius 2 is 1.31 bits per heavy atom. The van der Waals surface area contributed by atoms with Crippen LogP contribution in [0.2, 0.25) is 0 Å². The Kier molecular flexibility index (Phi) is 14.7. The van der Waals surface area contributed by atoms with Crippen LogP contribution in [0.25, 0.3) is 33.5 Å². The normalized spacial score (nSPS) is 30.7. The fourth-order valence-electron chi connectivity index (χ4n) is 8.18. The average molecular weight is 1130 g/mol. The Balaban J connectivity index is 0.861. The number of aromatic nitrogens is 12. The molecule has 0 aliphatic carbocycles. The maximum Gasteiger partial charge on any atom is 0.311 e. The molecule has 404 valence electrons. The highest BCUT2D eigenvalue weighted by Crippen LogP contribution is 2.63. The molecule has 3 fully saturated rings. The summed E-state index contributed by atoms with van der Waals surface area (Å²) in [6.45, 7) is -3.69. The van der Waals surface area contributed by atoms with E-state index >= 15 is 0 Å². The Morgan fingerprint density at radius 3 is 1.99 bits per heavy atom. The largest absolute Gasteiger partial charge is 0.756 e. The molecule has 9 heterocycles. The summed E-state index contributed by atoms with van der Waals surface area (Å²) < 4.78 is 107. The van der Waals surface area contributed by atoms with Crippen molar-refractivity contribution in [1.82, 2.24) is 53.6 Å². The third kappa shape index (κ3) is 10.6. The predicted octanol–water partition coefficient (Wildman–Crippen LogP) is -6.82. The van der Waals surface area contributed by atoms with Gasteiger partial charge in [0.1, 0.15) is 66.8 Å². The molecule has 16 atom stereocenters. The van der Waals surface area contributed by atoms with E-state index in [0.717, 1.165) is 46.1 Å². The van der Waals surface area contributed by atoms with Gasteiger partial charge in [-0.25, -0.2) is 33.1 Å². The zero-order valence-electron chi connectivity index (χ0n) is 37.3. The van der Waals surface area contributed by atoms with Crippen molar-refractivity contribution in [2.24, 2.45) is 7.05 Å². The molecular weight excluding hydrogens is 1090 g/mol. The van der Waals surface area contributed by atoms with Gasteiger partial charge in [0.05, 0.1) is 39.5 Å². The lowest BCUT2D eigenvalue weighted by Crippen LogP contribution is -2.46. The molecule has 3 saturated heterocycles. The molecule has 74 heavy (non-hydrogen) atoms. The van der Waals surface area contributed by atoms with Crippen molar-refractivity contribution in [3.8, 4) is 0 Å². The van der Waals surface area contributed by atoms with Crippen LogP contribution in [0.1, 0.15) is 18.7 Å². The zero-order valence-corrected chi connectivity index (χ0v) is 40.9. The second-order valence-corrected chi connectivity index (χ2v) is 22.0. The third-order valence-corrected chi connectivity index (χ3v) is 16.5. The molecule has 42 heteroatoms. The van der Waals surface area contributed by atoms with Crippen molar-refractivity contribution in [2.45, 2.75) is 73.6 Å². The number of nitrogens with one attached hydrogen (secondary N) is 2. The maximum atomic E-state index is 13.5. The van der Waals surface area contributed by atoms with Gasteiger partial charge >= 0.3 is 5.65 Å². The topological polar surface area (TPSA) is 548 Å². The number of aromatic amines is 2. The number of fused-ring (bicyclic) bond motifs is 3. The Hall–Kier alpha value is -4.95. The Labute approximate surface area is 409 Å². The number of aliphatic hydroxyl groups excluding tert-OH is 4. The van der Waals surface area contributed by atoms with E-state index in [4.69, 9.17) is 39.5 Å². The van der Waals surface area contributed by atoms with Gasteiger partial charge in [-0.15, -0.1) is 0 Å². The SMILES string of the molecule is COC1C(OP(=O)([O-])OCC2OC(n3cnc4c(=O)[nH]c(N)nc43)C(O)C2O)C(COP(=O)([O-])OP(=O)([O-])OP(=O)([O-])OCC2OC([n+]3cn(C)c4c(=O)[nH]cnc43)C(O)C2O)OC1n1cnc2c(N)ncnc21. The number of imidazole rings is 3. The summed E-state index contributed by atoms with van der Waals surface area (Å²) in [6, 6.07) is 0. The number of nitrogens with zero attached hydrogens (tertiary/aromatic N) is 10. The number of ether oxygens (including phenoxy) is 4. The molecule has 9 rings (SSSR count). The van der Waals surface area contributed by atoms with Crippen molar-refractivity contribution >= 4 is 76.5 Å². The Bertz CT molecular complexity index is 3410. The number of hydrogen-bond acceptors (Lipinski definition) is 32. The van der Waals surface area contributed by atoms with E-state index in [1.54, 1.807) is 0 Å². The van der Waals surface area contributed by atoms with Crippen LogP contribution in [0.15, 0.2) is 41.2 Å². The monoisotopic (exact) mass is 1130 g/mol. The van der Waals surface area contributed by atoms with E-state index in [9.17, 15) is 67.8 Å². The van der Waals surface area contributed by atoms with Crippen LogP contribution >= 0.6 is 31.3 Å². The highest BCUT2D eigenvalue weighted by atomic mass is 31.3. The first-order chi connectivity index (χ1) is 34.8. The molecule has 3 aliphatic rings.